The Kier molecular flexibility index (Phi) is 4.96. The zero-order valence-electron chi connectivity index (χ0n) is 9.92. The lowest BCUT2D eigenvalue weighted by molar-refractivity contribution is 0.340. The number of benzene rings is 1. The molecule has 15 heavy (non-hydrogen) atoms. The van der Waals surface area contributed by atoms with E-state index in [1.54, 1.807) is 0 Å². The third kappa shape index (κ3) is 3.43. The maximum atomic E-state index is 5.41. The van der Waals surface area contributed by atoms with Gasteiger partial charge in [-0.2, -0.15) is 0 Å². The van der Waals surface area contributed by atoms with E-state index >= 15 is 0 Å². The Morgan fingerprint density at radius 3 is 2.33 bits per heavy atom. The van der Waals surface area contributed by atoms with E-state index in [4.69, 9.17) is 4.74 Å². The van der Waals surface area contributed by atoms with Gasteiger partial charge in [0.1, 0.15) is 5.75 Å². The van der Waals surface area contributed by atoms with Crippen molar-refractivity contribution in [3.63, 3.8) is 0 Å². The highest BCUT2D eigenvalue weighted by atomic mass is 16.5. The first kappa shape index (κ1) is 11.8. The Labute approximate surface area is 92.8 Å². The van der Waals surface area contributed by atoms with Crippen LogP contribution < -0.4 is 4.74 Å². The monoisotopic (exact) mass is 204 g/mol. The number of rotatable bonds is 5. The fraction of sp³-hybridized carbons (Fsp3) is 0.429. The van der Waals surface area contributed by atoms with Gasteiger partial charge in [0.25, 0.3) is 0 Å². The van der Waals surface area contributed by atoms with Crippen LogP contribution in [0.25, 0.3) is 5.57 Å². The molecule has 0 aliphatic rings. The minimum Gasteiger partial charge on any atom is -0.494 e. The van der Waals surface area contributed by atoms with Crippen LogP contribution in [-0.2, 0) is 0 Å². The summed E-state index contributed by atoms with van der Waals surface area (Å²) in [5, 5.41) is 0. The van der Waals surface area contributed by atoms with Crippen LogP contribution in [0.1, 0.15) is 39.2 Å². The number of hydrogen-bond donors (Lipinski definition) is 0. The third-order valence-corrected chi connectivity index (χ3v) is 2.40. The first-order valence-electron chi connectivity index (χ1n) is 5.70. The van der Waals surface area contributed by atoms with Gasteiger partial charge in [-0.3, -0.25) is 0 Å². The van der Waals surface area contributed by atoms with Gasteiger partial charge in [0, 0.05) is 0 Å². The molecule has 0 saturated heterocycles. The summed E-state index contributed by atoms with van der Waals surface area (Å²) in [7, 11) is 0. The summed E-state index contributed by atoms with van der Waals surface area (Å²) in [5.41, 5.74) is 2.73. The zero-order valence-corrected chi connectivity index (χ0v) is 9.92. The second kappa shape index (κ2) is 6.28. The molecule has 0 saturated carbocycles. The number of allylic oxidation sites excluding steroid dienone is 2. The molecule has 0 amide bonds. The predicted molar refractivity (Wildman–Crippen MR) is 66.2 cm³/mol. The van der Waals surface area contributed by atoms with Crippen molar-refractivity contribution in [3.8, 4) is 5.75 Å². The van der Waals surface area contributed by atoms with E-state index in [1.165, 1.54) is 17.6 Å². The van der Waals surface area contributed by atoms with Crippen molar-refractivity contribution >= 4 is 5.57 Å². The molecule has 0 unspecified atom stereocenters. The van der Waals surface area contributed by atoms with Crippen LogP contribution in [0.5, 0.6) is 5.75 Å². The fourth-order valence-corrected chi connectivity index (χ4v) is 1.66. The molecule has 1 heteroatoms. The molecule has 0 N–H and O–H groups in total. The third-order valence-electron chi connectivity index (χ3n) is 2.40. The summed E-state index contributed by atoms with van der Waals surface area (Å²) < 4.78 is 5.41. The Morgan fingerprint density at radius 1 is 1.20 bits per heavy atom. The van der Waals surface area contributed by atoms with Crippen LogP contribution in [0, 0.1) is 0 Å². The largest absolute Gasteiger partial charge is 0.494 e. The van der Waals surface area contributed by atoms with E-state index in [9.17, 15) is 0 Å². The summed E-state index contributed by atoms with van der Waals surface area (Å²) in [6.45, 7) is 7.03. The SMILES string of the molecule is CC=C(CCC)c1ccc(OCC)cc1. The first-order valence-corrected chi connectivity index (χ1v) is 5.70. The smallest absolute Gasteiger partial charge is 0.119 e. The Morgan fingerprint density at radius 2 is 1.87 bits per heavy atom. The summed E-state index contributed by atoms with van der Waals surface area (Å²) in [6, 6.07) is 8.35. The normalized spacial score (nSPS) is 11.5. The van der Waals surface area contributed by atoms with Crippen LogP contribution in [0.4, 0.5) is 0 Å². The Balaban J connectivity index is 2.78. The number of hydrogen-bond acceptors (Lipinski definition) is 1. The summed E-state index contributed by atoms with van der Waals surface area (Å²) in [4.78, 5) is 0. The van der Waals surface area contributed by atoms with Crippen molar-refractivity contribution in [1.29, 1.82) is 0 Å². The topological polar surface area (TPSA) is 9.23 Å². The molecular formula is C14H20O. The number of ether oxygens (including phenoxy) is 1. The average molecular weight is 204 g/mol. The maximum Gasteiger partial charge on any atom is 0.119 e. The van der Waals surface area contributed by atoms with Crippen molar-refractivity contribution in [3.05, 3.63) is 35.9 Å². The van der Waals surface area contributed by atoms with Gasteiger partial charge >= 0.3 is 0 Å². The van der Waals surface area contributed by atoms with Crippen molar-refractivity contribution in [2.75, 3.05) is 6.61 Å². The molecule has 0 aliphatic heterocycles. The van der Waals surface area contributed by atoms with Crippen LogP contribution in [0.15, 0.2) is 30.3 Å². The van der Waals surface area contributed by atoms with Crippen LogP contribution in [0.2, 0.25) is 0 Å². The summed E-state index contributed by atoms with van der Waals surface area (Å²) in [5.74, 6) is 0.952. The molecule has 0 heterocycles. The van der Waals surface area contributed by atoms with Crippen LogP contribution in [-0.4, -0.2) is 6.61 Å². The molecule has 0 atom stereocenters. The lowest BCUT2D eigenvalue weighted by atomic mass is 10.0. The first-order chi connectivity index (χ1) is 7.31. The van der Waals surface area contributed by atoms with Crippen LogP contribution in [0.3, 0.4) is 0 Å². The van der Waals surface area contributed by atoms with Gasteiger partial charge in [-0.05, 0) is 43.5 Å². The minimum atomic E-state index is 0.727. The van der Waals surface area contributed by atoms with Crippen molar-refractivity contribution in [2.45, 2.75) is 33.6 Å². The highest BCUT2D eigenvalue weighted by Gasteiger charge is 1.99. The molecule has 0 aromatic heterocycles. The van der Waals surface area contributed by atoms with Gasteiger partial charge in [-0.1, -0.05) is 31.6 Å². The maximum absolute atomic E-state index is 5.41. The second-order valence-electron chi connectivity index (χ2n) is 3.52. The summed E-state index contributed by atoms with van der Waals surface area (Å²) in [6.07, 6.45) is 4.52. The average Bonchev–Trinajstić information content (AvgIpc) is 2.28. The lowest BCUT2D eigenvalue weighted by Gasteiger charge is -2.07. The quantitative estimate of drug-likeness (QED) is 0.695. The van der Waals surface area contributed by atoms with Gasteiger partial charge in [0.15, 0.2) is 0 Å². The molecule has 0 radical (unpaired) electrons. The van der Waals surface area contributed by atoms with E-state index in [1.807, 2.05) is 19.1 Å². The molecule has 0 fully saturated rings. The van der Waals surface area contributed by atoms with E-state index in [0.717, 1.165) is 18.8 Å². The van der Waals surface area contributed by atoms with Gasteiger partial charge in [-0.25, -0.2) is 0 Å². The molecule has 1 aromatic rings. The standard InChI is InChI=1S/C14H20O/c1-4-7-12(5-2)13-8-10-14(11-9-13)15-6-3/h5,8-11H,4,6-7H2,1-3H3. The van der Waals surface area contributed by atoms with Crippen molar-refractivity contribution in [2.24, 2.45) is 0 Å². The highest BCUT2D eigenvalue weighted by molar-refractivity contribution is 5.65. The van der Waals surface area contributed by atoms with Gasteiger partial charge < -0.3 is 4.74 Å². The fourth-order valence-electron chi connectivity index (χ4n) is 1.66. The van der Waals surface area contributed by atoms with Crippen molar-refractivity contribution in [1.82, 2.24) is 0 Å². The predicted octanol–water partition coefficient (Wildman–Crippen LogP) is 4.29. The molecular weight excluding hydrogens is 184 g/mol. The zero-order chi connectivity index (χ0) is 11.1. The van der Waals surface area contributed by atoms with Gasteiger partial charge in [-0.15, -0.1) is 0 Å². The highest BCUT2D eigenvalue weighted by Crippen LogP contribution is 2.22. The molecule has 0 aliphatic carbocycles. The minimum absolute atomic E-state index is 0.727. The van der Waals surface area contributed by atoms with E-state index in [0.29, 0.717) is 0 Å². The molecule has 1 rings (SSSR count). The molecule has 1 nitrogen and oxygen atoms in total. The molecule has 82 valence electrons. The van der Waals surface area contributed by atoms with E-state index in [2.05, 4.69) is 32.1 Å². The summed E-state index contributed by atoms with van der Waals surface area (Å²) >= 11 is 0. The van der Waals surface area contributed by atoms with Gasteiger partial charge in [0.2, 0.25) is 0 Å². The van der Waals surface area contributed by atoms with Crippen LogP contribution >= 0.6 is 0 Å². The second-order valence-corrected chi connectivity index (χ2v) is 3.52. The Hall–Kier alpha value is -1.24. The molecule has 0 spiro atoms. The van der Waals surface area contributed by atoms with E-state index < -0.39 is 0 Å². The van der Waals surface area contributed by atoms with Crippen molar-refractivity contribution < 1.29 is 4.74 Å². The molecule has 0 bridgehead atoms. The Bertz CT molecular complexity index is 309. The molecule has 1 aromatic carbocycles. The van der Waals surface area contributed by atoms with Gasteiger partial charge in [0.05, 0.1) is 6.61 Å². The van der Waals surface area contributed by atoms with E-state index in [-0.39, 0.29) is 0 Å². The lowest BCUT2D eigenvalue weighted by Crippen LogP contribution is -1.91.